The van der Waals surface area contributed by atoms with E-state index in [9.17, 15) is 14.7 Å². The van der Waals surface area contributed by atoms with E-state index in [-0.39, 0.29) is 30.0 Å². The van der Waals surface area contributed by atoms with Crippen molar-refractivity contribution in [2.75, 3.05) is 0 Å². The molecule has 3 rings (SSSR count). The molecule has 24 heavy (non-hydrogen) atoms. The zero-order valence-corrected chi connectivity index (χ0v) is 13.9. The van der Waals surface area contributed by atoms with Crippen LogP contribution in [0.4, 0.5) is 0 Å². The first-order valence-electron chi connectivity index (χ1n) is 7.86. The molecular formula is C19H18O4S. The molecule has 2 heterocycles. The molecule has 0 bridgehead atoms. The first kappa shape index (κ1) is 16.5. The molecule has 0 saturated carbocycles. The van der Waals surface area contributed by atoms with Gasteiger partial charge in [-0.1, -0.05) is 36.4 Å². The maximum atomic E-state index is 12.3. The zero-order chi connectivity index (χ0) is 16.9. The molecule has 1 aliphatic heterocycles. The highest BCUT2D eigenvalue weighted by molar-refractivity contribution is 7.09. The number of hydrogen-bond acceptors (Lipinski definition) is 5. The van der Waals surface area contributed by atoms with E-state index in [0.29, 0.717) is 6.42 Å². The van der Waals surface area contributed by atoms with E-state index in [1.807, 2.05) is 47.8 Å². The maximum Gasteiger partial charge on any atom is 0.345 e. The van der Waals surface area contributed by atoms with Gasteiger partial charge in [0.15, 0.2) is 5.78 Å². The number of carbonyl (C=O) groups excluding carboxylic acids is 2. The highest BCUT2D eigenvalue weighted by Crippen LogP contribution is 2.24. The Morgan fingerprint density at radius 2 is 1.96 bits per heavy atom. The van der Waals surface area contributed by atoms with E-state index in [1.54, 1.807) is 0 Å². The molecule has 1 atom stereocenters. The molecule has 1 aromatic carbocycles. The summed E-state index contributed by atoms with van der Waals surface area (Å²) in [4.78, 5) is 25.3. The second kappa shape index (κ2) is 7.45. The van der Waals surface area contributed by atoms with E-state index >= 15 is 0 Å². The van der Waals surface area contributed by atoms with Crippen LogP contribution in [0.3, 0.4) is 0 Å². The first-order chi connectivity index (χ1) is 11.6. The molecule has 1 aromatic heterocycles. The van der Waals surface area contributed by atoms with Crippen molar-refractivity contribution in [3.63, 3.8) is 0 Å². The maximum absolute atomic E-state index is 12.3. The van der Waals surface area contributed by atoms with Crippen LogP contribution in [0.2, 0.25) is 0 Å². The van der Waals surface area contributed by atoms with E-state index < -0.39 is 12.1 Å². The molecule has 1 fully saturated rings. The van der Waals surface area contributed by atoms with Gasteiger partial charge in [0.25, 0.3) is 0 Å². The Hall–Kier alpha value is -2.40. The molecule has 1 N–H and O–H groups in total. The van der Waals surface area contributed by atoms with Gasteiger partial charge in [0.2, 0.25) is 0 Å². The smallest absolute Gasteiger partial charge is 0.345 e. The van der Waals surface area contributed by atoms with Crippen molar-refractivity contribution in [3.05, 3.63) is 69.6 Å². The Balaban J connectivity index is 1.64. The Kier molecular flexibility index (Phi) is 5.11. The Morgan fingerprint density at radius 3 is 2.62 bits per heavy atom. The molecule has 1 unspecified atom stereocenters. The van der Waals surface area contributed by atoms with Crippen LogP contribution < -0.4 is 0 Å². The van der Waals surface area contributed by atoms with Gasteiger partial charge in [-0.15, -0.1) is 11.3 Å². The number of rotatable bonds is 5. The third-order valence-electron chi connectivity index (χ3n) is 3.98. The number of ketones is 1. The number of aliphatic hydroxyl groups is 1. The summed E-state index contributed by atoms with van der Waals surface area (Å²) >= 11 is 1.47. The second-order valence-electron chi connectivity index (χ2n) is 5.76. The monoisotopic (exact) mass is 342 g/mol. The van der Waals surface area contributed by atoms with Crippen molar-refractivity contribution in [2.24, 2.45) is 0 Å². The molecule has 4 nitrogen and oxygen atoms in total. The van der Waals surface area contributed by atoms with Gasteiger partial charge in [0.05, 0.1) is 0 Å². The lowest BCUT2D eigenvalue weighted by Gasteiger charge is -2.23. The Morgan fingerprint density at radius 1 is 1.17 bits per heavy atom. The van der Waals surface area contributed by atoms with Crippen LogP contribution in [-0.2, 0) is 27.2 Å². The Bertz CT molecular complexity index is 727. The summed E-state index contributed by atoms with van der Waals surface area (Å²) in [5.41, 5.74) is 0.947. The SMILES string of the molecule is O=C1CC(CCc2ccccc2)OC(=O)/C1=C(/O)Cc1cccs1. The van der Waals surface area contributed by atoms with Crippen molar-refractivity contribution >= 4 is 23.1 Å². The molecule has 1 aliphatic rings. The molecule has 5 heteroatoms. The lowest BCUT2D eigenvalue weighted by atomic mass is 9.96. The third-order valence-corrected chi connectivity index (χ3v) is 4.85. The van der Waals surface area contributed by atoms with Crippen molar-refractivity contribution < 1.29 is 19.4 Å². The van der Waals surface area contributed by atoms with Crippen LogP contribution in [0.5, 0.6) is 0 Å². The summed E-state index contributed by atoms with van der Waals surface area (Å²) in [5.74, 6) is -1.24. The van der Waals surface area contributed by atoms with Gasteiger partial charge in [-0.3, -0.25) is 4.79 Å². The van der Waals surface area contributed by atoms with E-state index in [0.717, 1.165) is 16.9 Å². The van der Waals surface area contributed by atoms with E-state index in [2.05, 4.69) is 0 Å². The van der Waals surface area contributed by atoms with Gasteiger partial charge in [0, 0.05) is 17.7 Å². The molecule has 2 aromatic rings. The number of ether oxygens (including phenoxy) is 1. The minimum atomic E-state index is -0.710. The highest BCUT2D eigenvalue weighted by Gasteiger charge is 2.34. The summed E-state index contributed by atoms with van der Waals surface area (Å²) in [5, 5.41) is 12.0. The van der Waals surface area contributed by atoms with Crippen LogP contribution in [0, 0.1) is 0 Å². The number of esters is 1. The number of aryl methyl sites for hydroxylation is 1. The van der Waals surface area contributed by atoms with Crippen molar-refractivity contribution in [1.82, 2.24) is 0 Å². The average molecular weight is 342 g/mol. The fourth-order valence-corrected chi connectivity index (χ4v) is 3.46. The third kappa shape index (κ3) is 3.92. The van der Waals surface area contributed by atoms with Crippen LogP contribution in [-0.4, -0.2) is 23.0 Å². The minimum Gasteiger partial charge on any atom is -0.511 e. The first-order valence-corrected chi connectivity index (χ1v) is 8.74. The number of thiophene rings is 1. The predicted octanol–water partition coefficient (Wildman–Crippen LogP) is 3.62. The van der Waals surface area contributed by atoms with Crippen LogP contribution in [0.15, 0.2) is 59.2 Å². The number of cyclic esters (lactones) is 1. The lowest BCUT2D eigenvalue weighted by molar-refractivity contribution is -0.151. The van der Waals surface area contributed by atoms with Crippen molar-refractivity contribution in [2.45, 2.75) is 31.8 Å². The van der Waals surface area contributed by atoms with Gasteiger partial charge < -0.3 is 9.84 Å². The summed E-state index contributed by atoms with van der Waals surface area (Å²) < 4.78 is 5.36. The summed E-state index contributed by atoms with van der Waals surface area (Å²) in [6, 6.07) is 13.6. The molecular weight excluding hydrogens is 324 g/mol. The largest absolute Gasteiger partial charge is 0.511 e. The minimum absolute atomic E-state index is 0.127. The molecule has 1 saturated heterocycles. The number of Topliss-reactive ketones (excluding diaryl/α,β-unsaturated/α-hetero) is 1. The van der Waals surface area contributed by atoms with Crippen molar-refractivity contribution in [3.8, 4) is 0 Å². The van der Waals surface area contributed by atoms with Crippen LogP contribution >= 0.6 is 11.3 Å². The number of aliphatic hydroxyl groups excluding tert-OH is 1. The molecule has 0 spiro atoms. The average Bonchev–Trinajstić information content (AvgIpc) is 3.06. The van der Waals surface area contributed by atoms with Gasteiger partial charge >= 0.3 is 5.97 Å². The quantitative estimate of drug-likeness (QED) is 0.390. The van der Waals surface area contributed by atoms with Gasteiger partial charge in [-0.2, -0.15) is 0 Å². The number of hydrogen-bond donors (Lipinski definition) is 1. The standard InChI is InChI=1S/C19H18O4S/c20-16-11-14(9-8-13-5-2-1-3-6-13)23-19(22)18(16)17(21)12-15-7-4-10-24-15/h1-7,10,14,21H,8-9,11-12H2/b18-17+. The zero-order valence-electron chi connectivity index (χ0n) is 13.1. The summed E-state index contributed by atoms with van der Waals surface area (Å²) in [7, 11) is 0. The number of carbonyl (C=O) groups is 2. The molecule has 124 valence electrons. The predicted molar refractivity (Wildman–Crippen MR) is 91.9 cm³/mol. The van der Waals surface area contributed by atoms with Crippen LogP contribution in [0.1, 0.15) is 23.3 Å². The molecule has 0 amide bonds. The fourth-order valence-electron chi connectivity index (χ4n) is 2.75. The van der Waals surface area contributed by atoms with E-state index in [4.69, 9.17) is 4.74 Å². The Labute approximate surface area is 144 Å². The normalized spacial score (nSPS) is 19.9. The second-order valence-corrected chi connectivity index (χ2v) is 6.79. The van der Waals surface area contributed by atoms with Gasteiger partial charge in [0.1, 0.15) is 17.4 Å². The summed E-state index contributed by atoms with van der Waals surface area (Å²) in [6.45, 7) is 0. The lowest BCUT2D eigenvalue weighted by Crippen LogP contribution is -2.33. The van der Waals surface area contributed by atoms with E-state index in [1.165, 1.54) is 11.3 Å². The highest BCUT2D eigenvalue weighted by atomic mass is 32.1. The molecule has 0 aliphatic carbocycles. The summed E-state index contributed by atoms with van der Waals surface area (Å²) in [6.07, 6.45) is 1.22. The molecule has 0 radical (unpaired) electrons. The topological polar surface area (TPSA) is 63.6 Å². The number of allylic oxidation sites excluding steroid dienone is 1. The van der Waals surface area contributed by atoms with Gasteiger partial charge in [-0.05, 0) is 29.9 Å². The number of benzene rings is 1. The van der Waals surface area contributed by atoms with Crippen LogP contribution in [0.25, 0.3) is 0 Å². The van der Waals surface area contributed by atoms with Crippen molar-refractivity contribution in [1.29, 1.82) is 0 Å². The van der Waals surface area contributed by atoms with Gasteiger partial charge in [-0.25, -0.2) is 4.79 Å². The fraction of sp³-hybridized carbons (Fsp3) is 0.263.